The lowest BCUT2D eigenvalue weighted by Crippen LogP contribution is -2.40. The third-order valence-corrected chi connectivity index (χ3v) is 27.9. The van der Waals surface area contributed by atoms with E-state index in [9.17, 15) is 77.9 Å². The molecule has 5 unspecified atom stereocenters. The summed E-state index contributed by atoms with van der Waals surface area (Å²) in [4.78, 5) is 129. The minimum atomic E-state index is -4.15. The Labute approximate surface area is 757 Å². The SMILES string of the molecule is CCCCNP(=O)(OC[C@H]1O[C@@H](n2ccc(=O)[nH]c2=O)C(OC)[C@H]1O)O[C@@H]1C[C@H](n2cnc3c(N)ncnc32)O[C@@H]1CO.CCCCNP(=O)(OC[C@H]1O[C@@H](n2cnc3c(=O)[nH]c(N)nc32)C(OC)[C@H]1O)O[C@@H]1C[C@H](n2cc(C)c(=O)[nH]c2=O)O[C@@H]1CO.Nc1ccn([C@H]2C[C@@H](OP(=O)(NCCN3CCOCC3)OC[C@H]3O[C@@H](n4cnc5c(=O)[nH]c(N)nc54)C[C@H]3O)[C@@H](CO)O2)c(=O)n1. The number of hydrogen-bond donors (Lipinski definition) is 17. The number of ether oxygens (including phenoxy) is 9. The first-order chi connectivity index (χ1) is 64.3. The molecule has 0 aromatic carbocycles. The predicted octanol–water partition coefficient (Wildman–Crippen LogP) is -3.67. The second-order valence-corrected chi connectivity index (χ2v) is 37.3. The number of nitrogens with two attached hydrogens (primary N) is 4. The molecule has 0 spiro atoms. The minimum Gasteiger partial charge on any atom is -0.394 e. The highest BCUT2D eigenvalue weighted by molar-refractivity contribution is 7.52. The zero-order valence-corrected chi connectivity index (χ0v) is 75.7. The van der Waals surface area contributed by atoms with Crippen molar-refractivity contribution in [2.45, 2.75) is 195 Å². The van der Waals surface area contributed by atoms with Crippen molar-refractivity contribution in [3.63, 3.8) is 0 Å². The van der Waals surface area contributed by atoms with Crippen molar-refractivity contribution in [2.24, 2.45) is 0 Å². The third-order valence-electron chi connectivity index (χ3n) is 22.9. The Balaban J connectivity index is 0.000000161. The Bertz CT molecular complexity index is 6110. The fourth-order valence-corrected chi connectivity index (χ4v) is 20.6. The number of morpholine rings is 1. The minimum absolute atomic E-state index is 0.00122. The number of nitrogens with one attached hydrogen (secondary N) is 7. The molecule has 60 heteroatoms. The average Bonchev–Trinajstić information content (AvgIpc) is 1.62. The van der Waals surface area contributed by atoms with Crippen molar-refractivity contribution in [3.05, 3.63) is 134 Å². The van der Waals surface area contributed by atoms with Crippen LogP contribution in [0.2, 0.25) is 0 Å². The summed E-state index contributed by atoms with van der Waals surface area (Å²) in [5, 5.41) is 71.4. The molecule has 0 radical (unpaired) electrons. The summed E-state index contributed by atoms with van der Waals surface area (Å²) in [6, 6.07) is 2.57. The van der Waals surface area contributed by atoms with Crippen LogP contribution in [0.15, 0.2) is 89.6 Å². The highest BCUT2D eigenvalue weighted by Crippen LogP contribution is 2.53. The number of aliphatic hydroxyl groups excluding tert-OH is 6. The van der Waals surface area contributed by atoms with Gasteiger partial charge >= 0.3 is 40.3 Å². The number of rotatable bonds is 38. The van der Waals surface area contributed by atoms with Crippen molar-refractivity contribution < 1.29 is 114 Å². The summed E-state index contributed by atoms with van der Waals surface area (Å²) in [5.41, 5.74) is 20.0. The van der Waals surface area contributed by atoms with E-state index >= 15 is 0 Å². The molecular weight excluding hydrogens is 1840 g/mol. The van der Waals surface area contributed by atoms with Crippen LogP contribution in [-0.2, 0) is 83.5 Å². The normalized spacial score (nSPS) is 28.5. The van der Waals surface area contributed by atoms with E-state index in [4.69, 9.17) is 92.7 Å². The Hall–Kier alpha value is -9.62. The first-order valence-corrected chi connectivity index (χ1v) is 47.5. The number of fused-ring (bicyclic) bond motifs is 3. The van der Waals surface area contributed by atoms with Crippen LogP contribution in [0.25, 0.3) is 33.5 Å². The summed E-state index contributed by atoms with van der Waals surface area (Å²) in [5.74, 6) is 0.00136. The summed E-state index contributed by atoms with van der Waals surface area (Å²) in [7, 11) is -9.68. The summed E-state index contributed by atoms with van der Waals surface area (Å²) in [6.07, 6.45) is -7.02. The molecule has 9 aromatic rings. The predicted molar refractivity (Wildman–Crippen MR) is 464 cm³/mol. The van der Waals surface area contributed by atoms with E-state index in [0.717, 1.165) is 23.5 Å². The zero-order chi connectivity index (χ0) is 95.6. The molecule has 21 N–H and O–H groups in total. The van der Waals surface area contributed by atoms with Gasteiger partial charge < -0.3 is 96.2 Å². The molecule has 0 bridgehead atoms. The molecule has 16 heterocycles. The quantitative estimate of drug-likeness (QED) is 0.0131. The van der Waals surface area contributed by atoms with Gasteiger partial charge in [-0.1, -0.05) is 26.7 Å². The van der Waals surface area contributed by atoms with Crippen molar-refractivity contribution in [3.8, 4) is 0 Å². The second kappa shape index (κ2) is 44.2. The smallest absolute Gasteiger partial charge is 0.394 e. The highest BCUT2D eigenvalue weighted by Gasteiger charge is 2.52. The molecule has 7 saturated heterocycles. The van der Waals surface area contributed by atoms with Gasteiger partial charge in [0.05, 0.1) is 77.9 Å². The number of aryl methyl sites for hydroxylation is 1. The topological polar surface area (TPSA) is 770 Å². The van der Waals surface area contributed by atoms with Crippen LogP contribution < -0.4 is 77.5 Å². The summed E-state index contributed by atoms with van der Waals surface area (Å²) in [6.45, 7) is 6.71. The second-order valence-electron chi connectivity index (χ2n) is 32.0. The molecule has 9 aromatic heterocycles. The van der Waals surface area contributed by atoms with Gasteiger partial charge in [-0.25, -0.2) is 68.3 Å². The van der Waals surface area contributed by atoms with E-state index in [1.54, 1.807) is 4.57 Å². The van der Waals surface area contributed by atoms with Crippen molar-refractivity contribution in [2.75, 3.05) is 129 Å². The average molecular weight is 1950 g/mol. The Morgan fingerprint density at radius 3 is 1.47 bits per heavy atom. The molecule has 7 fully saturated rings. The van der Waals surface area contributed by atoms with Gasteiger partial charge in [-0.3, -0.25) is 98.6 Å². The Morgan fingerprint density at radius 2 is 0.955 bits per heavy atom. The molecule has 23 atom stereocenters. The van der Waals surface area contributed by atoms with Crippen molar-refractivity contribution in [1.29, 1.82) is 0 Å². The maximum absolute atomic E-state index is 14.2. The maximum Gasteiger partial charge on any atom is 0.406 e. The van der Waals surface area contributed by atoms with E-state index in [0.29, 0.717) is 63.4 Å². The van der Waals surface area contributed by atoms with Crippen LogP contribution in [0.3, 0.4) is 0 Å². The monoisotopic (exact) mass is 1950 g/mol. The first-order valence-electron chi connectivity index (χ1n) is 42.8. The fourth-order valence-electron chi connectivity index (χ4n) is 15.9. The van der Waals surface area contributed by atoms with Crippen LogP contribution in [0, 0.1) is 6.92 Å². The number of methoxy groups -OCH3 is 2. The number of unbranched alkanes of at least 4 members (excludes halogenated alkanes) is 2. The number of H-pyrrole nitrogens is 4. The lowest BCUT2D eigenvalue weighted by Gasteiger charge is -2.29. The van der Waals surface area contributed by atoms with Crippen molar-refractivity contribution in [1.82, 2.24) is 107 Å². The van der Waals surface area contributed by atoms with Crippen LogP contribution in [0.1, 0.15) is 108 Å². The van der Waals surface area contributed by atoms with Gasteiger partial charge in [-0.05, 0) is 25.8 Å². The zero-order valence-electron chi connectivity index (χ0n) is 73.0. The van der Waals surface area contributed by atoms with E-state index in [1.807, 2.05) is 13.8 Å². The Morgan fingerprint density at radius 1 is 0.500 bits per heavy atom. The van der Waals surface area contributed by atoms with Gasteiger partial charge in [0.25, 0.3) is 22.2 Å². The van der Waals surface area contributed by atoms with E-state index in [2.05, 4.69) is 80.0 Å². The Kier molecular flexibility index (Phi) is 33.1. The van der Waals surface area contributed by atoms with E-state index in [1.165, 1.54) is 89.4 Å². The molecule has 0 amide bonds. The van der Waals surface area contributed by atoms with E-state index < -0.39 is 218 Å². The third kappa shape index (κ3) is 23.1. The molecule has 57 nitrogen and oxygen atoms in total. The van der Waals surface area contributed by atoms with Crippen LogP contribution in [0.4, 0.5) is 23.5 Å². The summed E-state index contributed by atoms with van der Waals surface area (Å²) < 4.78 is 137. The lowest BCUT2D eigenvalue weighted by atomic mass is 10.1. The maximum atomic E-state index is 14.2. The molecule has 134 heavy (non-hydrogen) atoms. The van der Waals surface area contributed by atoms with Crippen LogP contribution >= 0.6 is 23.2 Å². The largest absolute Gasteiger partial charge is 0.406 e. The van der Waals surface area contributed by atoms with Gasteiger partial charge in [-0.2, -0.15) is 15.0 Å². The molecule has 0 saturated carbocycles. The van der Waals surface area contributed by atoms with Gasteiger partial charge in [-0.15, -0.1) is 0 Å². The number of nitrogen functional groups attached to an aromatic ring is 4. The highest BCUT2D eigenvalue weighted by atomic mass is 31.2. The van der Waals surface area contributed by atoms with Gasteiger partial charge in [0.15, 0.2) is 46.2 Å². The molecule has 736 valence electrons. The molecule has 7 aliphatic rings. The number of hydrogen-bond acceptors (Lipinski definition) is 44. The summed E-state index contributed by atoms with van der Waals surface area (Å²) >= 11 is 0. The van der Waals surface area contributed by atoms with Gasteiger partial charge in [0, 0.05) is 109 Å². The molecule has 7 aliphatic heterocycles. The molecule has 16 rings (SSSR count). The number of nitrogens with zero attached hydrogens (tertiary/aromatic N) is 15. The number of aromatic nitrogens is 18. The number of anilines is 4. The lowest BCUT2D eigenvalue weighted by molar-refractivity contribution is -0.0634. The van der Waals surface area contributed by atoms with Gasteiger partial charge in [0.2, 0.25) is 11.9 Å². The molecule has 0 aliphatic carbocycles. The molecular formula is C74H109N26O31P3. The standard InChI is InChI=1S/C25H37N10O10P.C25H37N8O11P.C24H35N8O10P/c26-18-1-3-34(25(39)30-18)20-10-15(16(11-36)43-20)45-46(40,29-2-4-33-5-7-41-8-6-33)42-12-17-14(37)9-19(44-17)35-13-28-21-22(35)31-24(27)32-23(21)38;1-4-5-6-28-45(39,44-13-7-16(42-14(13)9-34)32-8-12(2)21(36)31-25(32)38)41-10-15-18(35)19(40-3)23(43-15)33-11-27-17-20(33)29-24(26)30-22(17)37;1-3-4-6-29-43(37,39-10-15-19(35)20(38-2)23(41-15)31-7-5-16(34)30-24(31)36)42-13-8-17(40-14(13)9-33)32-12-28-18-21(25)26-11-27-22(18)32/h1,3,13-17,19-20,36-37H,2,4-12H2,(H,29,40)(H2,26,30,39)(H3,27,31,32,38);8,11,13-16,18-19,23,34-35H,4-7,9-10H2,1-3H3,(H,28,39)(H,31,36,38)(H3,26,29,30,37);5,7,11-15,17,19-20,23,33,35H,3-4,6,8-10H2,1-2H3,(H,29,37)(H2,25,26,27)(H,30,34,36)/t14-,15-,16-,17-,19-,20-,46?;13-,14-,15-,16-,18+,19?,23-,45?;13-,14-,15-,17-,19+,20?,23-,43?/m111/s1. The van der Waals surface area contributed by atoms with Crippen LogP contribution in [-0.4, -0.2) is 315 Å². The number of imidazole rings is 3. The van der Waals surface area contributed by atoms with Gasteiger partial charge in [0.1, 0.15) is 122 Å². The van der Waals surface area contributed by atoms with E-state index in [-0.39, 0.29) is 96.8 Å². The van der Waals surface area contributed by atoms with Crippen LogP contribution in [0.5, 0.6) is 0 Å². The fraction of sp³-hybridized carbons (Fsp3) is 0.635. The number of aliphatic hydroxyl groups is 6. The first kappa shape index (κ1) is 100. The number of aromatic amines is 4. The van der Waals surface area contributed by atoms with Crippen molar-refractivity contribution >= 4 is 80.3 Å².